The largest absolute Gasteiger partial charge is 0.321 e. The maximum atomic E-state index is 12.5. The highest BCUT2D eigenvalue weighted by Gasteiger charge is 2.15. The third-order valence-electron chi connectivity index (χ3n) is 4.07. The van der Waals surface area contributed by atoms with Crippen molar-refractivity contribution >= 4 is 22.9 Å². The van der Waals surface area contributed by atoms with E-state index in [1.54, 1.807) is 11.3 Å². The van der Waals surface area contributed by atoms with E-state index in [1.165, 1.54) is 21.6 Å². The Morgan fingerprint density at radius 1 is 1.23 bits per heavy atom. The van der Waals surface area contributed by atoms with Crippen LogP contribution in [-0.2, 0) is 25.9 Å². The number of amides is 1. The third kappa shape index (κ3) is 3.08. The first-order chi connectivity index (χ1) is 10.7. The molecule has 1 aromatic carbocycles. The molecule has 116 valence electrons. The number of fused-ring (bicyclic) bond motifs is 1. The average molecular weight is 314 g/mol. The monoisotopic (exact) mass is 314 g/mol. The van der Waals surface area contributed by atoms with E-state index in [4.69, 9.17) is 0 Å². The van der Waals surface area contributed by atoms with Gasteiger partial charge in [0, 0.05) is 23.7 Å². The second kappa shape index (κ2) is 6.63. The topological polar surface area (TPSA) is 41.1 Å². The summed E-state index contributed by atoms with van der Waals surface area (Å²) in [5.41, 5.74) is 4.81. The van der Waals surface area contributed by atoms with Crippen LogP contribution in [0, 0.1) is 0 Å². The van der Waals surface area contributed by atoms with Gasteiger partial charge in [0.15, 0.2) is 0 Å². The molecule has 0 bridgehead atoms. The lowest BCUT2D eigenvalue weighted by Crippen LogP contribution is -2.10. The summed E-state index contributed by atoms with van der Waals surface area (Å²) in [7, 11) is 0. The zero-order chi connectivity index (χ0) is 15.5. The van der Waals surface area contributed by atoms with Gasteiger partial charge in [-0.3, -0.25) is 4.79 Å². The average Bonchev–Trinajstić information content (AvgIpc) is 3.13. The maximum absolute atomic E-state index is 12.5. The van der Waals surface area contributed by atoms with Crippen molar-refractivity contribution in [3.8, 4) is 0 Å². The van der Waals surface area contributed by atoms with Crippen molar-refractivity contribution in [2.24, 2.45) is 0 Å². The molecular weight excluding hydrogens is 292 g/mol. The van der Waals surface area contributed by atoms with Gasteiger partial charge >= 0.3 is 0 Å². The molecule has 0 fully saturated rings. The molecule has 1 aliphatic heterocycles. The first-order valence-corrected chi connectivity index (χ1v) is 8.78. The predicted molar refractivity (Wildman–Crippen MR) is 92.6 cm³/mol. The fraction of sp³-hybridized carbons (Fsp3) is 0.389. The summed E-state index contributed by atoms with van der Waals surface area (Å²) in [4.78, 5) is 14.7. The van der Waals surface area contributed by atoms with E-state index in [0.29, 0.717) is 0 Å². The number of hydrogen-bond donors (Lipinski definition) is 2. The van der Waals surface area contributed by atoms with Crippen LogP contribution in [0.2, 0.25) is 0 Å². The molecule has 3 rings (SSSR count). The van der Waals surface area contributed by atoms with Crippen LogP contribution in [-0.4, -0.2) is 5.91 Å². The van der Waals surface area contributed by atoms with Crippen molar-refractivity contribution in [1.29, 1.82) is 0 Å². The normalized spacial score (nSPS) is 13.2. The summed E-state index contributed by atoms with van der Waals surface area (Å²) < 4.78 is 0. The van der Waals surface area contributed by atoms with Crippen LogP contribution in [0.4, 0.5) is 5.69 Å². The molecule has 2 aromatic rings. The number of carbonyl (C=O) groups excluding carboxylic acids is 1. The van der Waals surface area contributed by atoms with Gasteiger partial charge in [0.25, 0.3) is 5.91 Å². The molecular formula is C18H22N2OS. The van der Waals surface area contributed by atoms with E-state index in [1.807, 2.05) is 6.07 Å². The summed E-state index contributed by atoms with van der Waals surface area (Å²) >= 11 is 1.64. The zero-order valence-electron chi connectivity index (χ0n) is 13.2. The molecule has 0 aliphatic carbocycles. The Balaban J connectivity index is 1.76. The Bertz CT molecular complexity index is 690. The molecule has 0 spiro atoms. The lowest BCUT2D eigenvalue weighted by Gasteiger charge is -2.05. The summed E-state index contributed by atoms with van der Waals surface area (Å²) in [6.07, 6.45) is 3.17. The summed E-state index contributed by atoms with van der Waals surface area (Å²) in [5.74, 6) is 0.00737. The lowest BCUT2D eigenvalue weighted by atomic mass is 10.1. The number of benzene rings is 1. The molecule has 22 heavy (non-hydrogen) atoms. The Labute approximate surface area is 135 Å². The number of rotatable bonds is 5. The molecule has 1 aliphatic rings. The van der Waals surface area contributed by atoms with Gasteiger partial charge in [-0.25, -0.2) is 0 Å². The predicted octanol–water partition coefficient (Wildman–Crippen LogP) is 4.12. The van der Waals surface area contributed by atoms with Crippen molar-refractivity contribution < 1.29 is 4.79 Å². The Kier molecular flexibility index (Phi) is 4.60. The highest BCUT2D eigenvalue weighted by Crippen LogP contribution is 2.26. The number of carbonyl (C=O) groups is 1. The molecule has 0 saturated heterocycles. The van der Waals surface area contributed by atoms with Crippen LogP contribution >= 0.6 is 11.3 Å². The Hall–Kier alpha value is -1.65. The SMILES string of the molecule is CCCc1sc(C(=O)Nc2ccc3c(c2)CNC3)cc1CC. The molecule has 2 heterocycles. The summed E-state index contributed by atoms with van der Waals surface area (Å²) in [6, 6.07) is 8.22. The van der Waals surface area contributed by atoms with Gasteiger partial charge in [0.2, 0.25) is 0 Å². The van der Waals surface area contributed by atoms with Crippen LogP contribution < -0.4 is 10.6 Å². The van der Waals surface area contributed by atoms with Crippen molar-refractivity contribution in [2.75, 3.05) is 5.32 Å². The smallest absolute Gasteiger partial charge is 0.265 e. The van der Waals surface area contributed by atoms with Crippen LogP contribution in [0.5, 0.6) is 0 Å². The van der Waals surface area contributed by atoms with E-state index in [-0.39, 0.29) is 5.91 Å². The summed E-state index contributed by atoms with van der Waals surface area (Å²) in [5, 5.41) is 6.36. The maximum Gasteiger partial charge on any atom is 0.265 e. The van der Waals surface area contributed by atoms with E-state index in [0.717, 1.165) is 42.9 Å². The van der Waals surface area contributed by atoms with Gasteiger partial charge in [0.1, 0.15) is 0 Å². The van der Waals surface area contributed by atoms with Crippen molar-refractivity contribution in [3.63, 3.8) is 0 Å². The third-order valence-corrected chi connectivity index (χ3v) is 5.31. The van der Waals surface area contributed by atoms with Gasteiger partial charge in [-0.15, -0.1) is 11.3 Å². The van der Waals surface area contributed by atoms with Crippen LogP contribution in [0.3, 0.4) is 0 Å². The minimum absolute atomic E-state index is 0.00737. The fourth-order valence-corrected chi connectivity index (χ4v) is 4.13. The molecule has 0 unspecified atom stereocenters. The number of thiophene rings is 1. The first kappa shape index (κ1) is 15.3. The zero-order valence-corrected chi connectivity index (χ0v) is 14.0. The Morgan fingerprint density at radius 3 is 2.82 bits per heavy atom. The molecule has 1 aromatic heterocycles. The molecule has 0 saturated carbocycles. The van der Waals surface area contributed by atoms with Crippen molar-refractivity contribution in [3.05, 3.63) is 50.7 Å². The van der Waals surface area contributed by atoms with Gasteiger partial charge < -0.3 is 10.6 Å². The van der Waals surface area contributed by atoms with Gasteiger partial charge in [-0.05, 0) is 47.7 Å². The molecule has 3 nitrogen and oxygen atoms in total. The van der Waals surface area contributed by atoms with E-state index < -0.39 is 0 Å². The molecule has 0 radical (unpaired) electrons. The van der Waals surface area contributed by atoms with Crippen molar-refractivity contribution in [1.82, 2.24) is 5.32 Å². The van der Waals surface area contributed by atoms with Gasteiger partial charge in [-0.2, -0.15) is 0 Å². The van der Waals surface area contributed by atoms with E-state index in [2.05, 4.69) is 42.7 Å². The Morgan fingerprint density at radius 2 is 2.05 bits per heavy atom. The fourth-order valence-electron chi connectivity index (χ4n) is 2.88. The minimum Gasteiger partial charge on any atom is -0.321 e. The van der Waals surface area contributed by atoms with Crippen LogP contribution in [0.25, 0.3) is 0 Å². The van der Waals surface area contributed by atoms with Gasteiger partial charge in [0.05, 0.1) is 4.88 Å². The van der Waals surface area contributed by atoms with E-state index >= 15 is 0 Å². The molecule has 1 amide bonds. The number of aryl methyl sites for hydroxylation is 2. The van der Waals surface area contributed by atoms with Crippen LogP contribution in [0.15, 0.2) is 24.3 Å². The van der Waals surface area contributed by atoms with Crippen molar-refractivity contribution in [2.45, 2.75) is 46.2 Å². The number of hydrogen-bond acceptors (Lipinski definition) is 3. The quantitative estimate of drug-likeness (QED) is 0.871. The first-order valence-electron chi connectivity index (χ1n) is 7.96. The standard InChI is InChI=1S/C18H22N2OS/c1-3-5-16-12(4-2)9-17(22-16)18(21)20-15-7-6-13-10-19-11-14(13)8-15/h6-9,19H,3-5,10-11H2,1-2H3,(H,20,21). The highest BCUT2D eigenvalue weighted by molar-refractivity contribution is 7.14. The van der Waals surface area contributed by atoms with E-state index in [9.17, 15) is 4.79 Å². The van der Waals surface area contributed by atoms with Gasteiger partial charge in [-0.1, -0.05) is 26.3 Å². The second-order valence-corrected chi connectivity index (χ2v) is 6.84. The number of anilines is 1. The second-order valence-electron chi connectivity index (χ2n) is 5.70. The molecule has 4 heteroatoms. The molecule has 2 N–H and O–H groups in total. The minimum atomic E-state index is 0.00737. The molecule has 0 atom stereocenters. The number of nitrogens with one attached hydrogen (secondary N) is 2. The van der Waals surface area contributed by atoms with Crippen LogP contribution in [0.1, 0.15) is 51.5 Å². The lowest BCUT2D eigenvalue weighted by molar-refractivity contribution is 0.103. The highest BCUT2D eigenvalue weighted by atomic mass is 32.1. The summed E-state index contributed by atoms with van der Waals surface area (Å²) in [6.45, 7) is 6.14.